The Hall–Kier alpha value is -0.415. The molecule has 0 saturated heterocycles. The highest BCUT2D eigenvalue weighted by Gasteiger charge is 2.06. The van der Waals surface area contributed by atoms with E-state index < -0.39 is 0 Å². The van der Waals surface area contributed by atoms with Gasteiger partial charge in [0.1, 0.15) is 5.52 Å². The first-order valence-electron chi connectivity index (χ1n) is 3.53. The Balaban J connectivity index is 2.82. The van der Waals surface area contributed by atoms with Gasteiger partial charge in [0.15, 0.2) is 7.28 Å². The maximum atomic E-state index is 4.22. The van der Waals surface area contributed by atoms with Gasteiger partial charge in [0.2, 0.25) is 0 Å². The molecule has 2 rings (SSSR count). The van der Waals surface area contributed by atoms with Crippen LogP contribution in [0.5, 0.6) is 0 Å². The van der Waals surface area contributed by atoms with Crippen LogP contribution in [0.25, 0.3) is 11.0 Å². The summed E-state index contributed by atoms with van der Waals surface area (Å²) in [5.41, 5.74) is 3.08. The highest BCUT2D eigenvalue weighted by atomic mass is 79.9. The molecule has 2 aromatic rings. The predicted octanol–water partition coefficient (Wildman–Crippen LogP) is 1.83. The van der Waals surface area contributed by atoms with E-state index in [1.54, 1.807) is 0 Å². The van der Waals surface area contributed by atoms with Crippen molar-refractivity contribution in [2.75, 3.05) is 0 Å². The third kappa shape index (κ3) is 1.17. The van der Waals surface area contributed by atoms with Crippen molar-refractivity contribution >= 4 is 51.4 Å². The second-order valence-corrected chi connectivity index (χ2v) is 3.77. The van der Waals surface area contributed by atoms with Gasteiger partial charge < -0.3 is 0 Å². The average Bonchev–Trinajstić information content (AvgIpc) is 2.54. The van der Waals surface area contributed by atoms with Crippen LogP contribution in [0.1, 0.15) is 0 Å². The second-order valence-electron chi connectivity index (χ2n) is 2.39. The zero-order chi connectivity index (χ0) is 8.55. The molecule has 0 aliphatic carbocycles. The Morgan fingerprint density at radius 1 is 1.33 bits per heavy atom. The third-order valence-corrected chi connectivity index (χ3v) is 2.88. The average molecular weight is 240 g/mol. The van der Waals surface area contributed by atoms with Gasteiger partial charge in [0, 0.05) is 4.47 Å². The van der Waals surface area contributed by atoms with Gasteiger partial charge in [-0.15, -0.1) is 0 Å². The molecule has 0 N–H and O–H groups in total. The summed E-state index contributed by atoms with van der Waals surface area (Å²) in [6.07, 6.45) is 0. The van der Waals surface area contributed by atoms with E-state index in [-0.39, 0.29) is 0 Å². The van der Waals surface area contributed by atoms with E-state index in [2.05, 4.69) is 24.7 Å². The van der Waals surface area contributed by atoms with Crippen molar-refractivity contribution in [3.05, 3.63) is 16.6 Å². The Bertz CT molecular complexity index is 415. The Labute approximate surface area is 83.7 Å². The lowest BCUT2D eigenvalue weighted by Gasteiger charge is -1.96. The van der Waals surface area contributed by atoms with E-state index in [0.29, 0.717) is 0 Å². The molecule has 0 bridgehead atoms. The summed E-state index contributed by atoms with van der Waals surface area (Å²) in [6, 6.07) is 4.03. The van der Waals surface area contributed by atoms with Crippen LogP contribution in [0.3, 0.4) is 0 Å². The molecular weight excluding hydrogens is 235 g/mol. The Morgan fingerprint density at radius 3 is 2.83 bits per heavy atom. The largest absolute Gasteiger partial charge is 0.174 e. The van der Waals surface area contributed by atoms with Gasteiger partial charge >= 0.3 is 0 Å². The number of hydrogen-bond acceptors (Lipinski definition) is 3. The van der Waals surface area contributed by atoms with E-state index in [0.717, 1.165) is 21.0 Å². The van der Waals surface area contributed by atoms with Gasteiger partial charge in [0.25, 0.3) is 0 Å². The van der Waals surface area contributed by atoms with Crippen LogP contribution in [0.15, 0.2) is 16.6 Å². The van der Waals surface area contributed by atoms with Gasteiger partial charge in [-0.25, -0.2) is 0 Å². The van der Waals surface area contributed by atoms with E-state index in [1.165, 1.54) is 11.7 Å². The van der Waals surface area contributed by atoms with Crippen LogP contribution in [0.2, 0.25) is 6.82 Å². The number of nitrogens with zero attached hydrogens (tertiary/aromatic N) is 2. The number of halogens is 1. The molecule has 12 heavy (non-hydrogen) atoms. The van der Waals surface area contributed by atoms with Crippen molar-refractivity contribution in [3.8, 4) is 0 Å². The van der Waals surface area contributed by atoms with E-state index in [9.17, 15) is 0 Å². The third-order valence-electron chi connectivity index (χ3n) is 1.71. The zero-order valence-electron chi connectivity index (χ0n) is 6.41. The number of aromatic nitrogens is 2. The van der Waals surface area contributed by atoms with Crippen molar-refractivity contribution < 1.29 is 0 Å². The first kappa shape index (κ1) is 8.20. The molecule has 1 heterocycles. The van der Waals surface area contributed by atoms with Gasteiger partial charge in [-0.05, 0) is 22.0 Å². The molecule has 0 amide bonds. The number of benzene rings is 1. The molecule has 1 aromatic carbocycles. The minimum absolute atomic E-state index is 0.954. The lowest BCUT2D eigenvalue weighted by Crippen LogP contribution is -2.11. The van der Waals surface area contributed by atoms with Crippen LogP contribution in [0.4, 0.5) is 0 Å². The molecule has 5 heteroatoms. The van der Waals surface area contributed by atoms with Crippen LogP contribution < -0.4 is 5.46 Å². The quantitative estimate of drug-likeness (QED) is 0.710. The summed E-state index contributed by atoms with van der Waals surface area (Å²) < 4.78 is 9.42. The summed E-state index contributed by atoms with van der Waals surface area (Å²) in [7, 11) is 2.04. The normalized spacial score (nSPS) is 10.5. The molecule has 0 aliphatic rings. The number of hydrogen-bond donors (Lipinski definition) is 0. The highest BCUT2D eigenvalue weighted by molar-refractivity contribution is 9.10. The van der Waals surface area contributed by atoms with Crippen LogP contribution >= 0.6 is 27.7 Å². The van der Waals surface area contributed by atoms with Crippen molar-refractivity contribution in [2.24, 2.45) is 0 Å². The van der Waals surface area contributed by atoms with E-state index in [4.69, 9.17) is 0 Å². The second kappa shape index (κ2) is 3.14. The fourth-order valence-corrected chi connectivity index (χ4v) is 2.20. The predicted molar refractivity (Wildman–Crippen MR) is 56.4 cm³/mol. The smallest absolute Gasteiger partial charge is 0.151 e. The van der Waals surface area contributed by atoms with Crippen LogP contribution in [0, 0.1) is 0 Å². The standard InChI is InChI=1S/C7H5BBrN2S/c1-8-4-2-3-5(9)7-6(4)10-12-11-7/h2-3H,1H3. The lowest BCUT2D eigenvalue weighted by molar-refractivity contribution is 1.63. The van der Waals surface area contributed by atoms with E-state index in [1.807, 2.05) is 26.2 Å². The molecular formula is C7H5BBrN2S. The van der Waals surface area contributed by atoms with E-state index >= 15 is 0 Å². The topological polar surface area (TPSA) is 25.8 Å². The summed E-state index contributed by atoms with van der Waals surface area (Å²) in [6.45, 7) is 2.00. The summed E-state index contributed by atoms with van der Waals surface area (Å²) in [5.74, 6) is 0. The fraction of sp³-hybridized carbons (Fsp3) is 0.143. The number of rotatable bonds is 1. The maximum Gasteiger partial charge on any atom is 0.151 e. The molecule has 0 unspecified atom stereocenters. The summed E-state index contributed by atoms with van der Waals surface area (Å²) >= 11 is 4.68. The molecule has 0 fully saturated rings. The first-order chi connectivity index (χ1) is 5.83. The van der Waals surface area contributed by atoms with Crippen molar-refractivity contribution in [3.63, 3.8) is 0 Å². The molecule has 0 saturated carbocycles. The van der Waals surface area contributed by atoms with Crippen molar-refractivity contribution in [2.45, 2.75) is 6.82 Å². The SMILES string of the molecule is C[B]c1ccc(Br)c2nsnc12. The fourth-order valence-electron chi connectivity index (χ4n) is 1.09. The monoisotopic (exact) mass is 239 g/mol. The van der Waals surface area contributed by atoms with Crippen molar-refractivity contribution in [1.82, 2.24) is 8.75 Å². The molecule has 1 radical (unpaired) electrons. The zero-order valence-corrected chi connectivity index (χ0v) is 8.82. The first-order valence-corrected chi connectivity index (χ1v) is 5.05. The minimum Gasteiger partial charge on any atom is -0.174 e. The molecule has 0 spiro atoms. The Morgan fingerprint density at radius 2 is 2.08 bits per heavy atom. The molecule has 1 aromatic heterocycles. The van der Waals surface area contributed by atoms with Gasteiger partial charge in [-0.3, -0.25) is 0 Å². The highest BCUT2D eigenvalue weighted by Crippen LogP contribution is 2.19. The summed E-state index contributed by atoms with van der Waals surface area (Å²) in [5, 5.41) is 0. The molecule has 2 nitrogen and oxygen atoms in total. The van der Waals surface area contributed by atoms with Gasteiger partial charge in [-0.1, -0.05) is 18.4 Å². The number of fused-ring (bicyclic) bond motifs is 1. The Kier molecular flexibility index (Phi) is 2.15. The maximum absolute atomic E-state index is 4.22. The van der Waals surface area contributed by atoms with Crippen LogP contribution in [-0.4, -0.2) is 16.0 Å². The molecule has 59 valence electrons. The molecule has 0 aliphatic heterocycles. The van der Waals surface area contributed by atoms with Crippen molar-refractivity contribution in [1.29, 1.82) is 0 Å². The molecule has 0 atom stereocenters. The minimum atomic E-state index is 0.954. The van der Waals surface area contributed by atoms with Gasteiger partial charge in [0.05, 0.1) is 17.2 Å². The lowest BCUT2D eigenvalue weighted by atomic mass is 9.73. The summed E-state index contributed by atoms with van der Waals surface area (Å²) in [4.78, 5) is 0. The van der Waals surface area contributed by atoms with Crippen LogP contribution in [-0.2, 0) is 0 Å². The van der Waals surface area contributed by atoms with Gasteiger partial charge in [-0.2, -0.15) is 8.75 Å².